The number of amidine groups is 1. The summed E-state index contributed by atoms with van der Waals surface area (Å²) in [5.41, 5.74) is 0.564. The molecule has 6 nitrogen and oxygen atoms in total. The van der Waals surface area contributed by atoms with Gasteiger partial charge in [0.2, 0.25) is 0 Å². The van der Waals surface area contributed by atoms with Gasteiger partial charge in [0.1, 0.15) is 4.90 Å². The molecule has 0 fully saturated rings. The highest BCUT2D eigenvalue weighted by Gasteiger charge is 2.30. The third-order valence-corrected chi connectivity index (χ3v) is 4.14. The van der Waals surface area contributed by atoms with E-state index in [1.54, 1.807) is 30.1 Å². The summed E-state index contributed by atoms with van der Waals surface area (Å²) < 4.78 is 32.4. The van der Waals surface area contributed by atoms with Crippen LogP contribution in [0.4, 0.5) is 0 Å². The first kappa shape index (κ1) is 14.0. The molecule has 0 radical (unpaired) electrons. The van der Waals surface area contributed by atoms with E-state index in [0.717, 1.165) is 0 Å². The Labute approximate surface area is 112 Å². The number of ether oxygens (including phenoxy) is 1. The smallest absolute Gasteiger partial charge is 0.285 e. The van der Waals surface area contributed by atoms with Crippen LogP contribution in [0.5, 0.6) is 0 Å². The second-order valence-electron chi connectivity index (χ2n) is 4.38. The van der Waals surface area contributed by atoms with Crippen LogP contribution in [0.15, 0.2) is 33.6 Å². The second-order valence-corrected chi connectivity index (χ2v) is 5.95. The van der Waals surface area contributed by atoms with E-state index in [-0.39, 0.29) is 18.0 Å². The van der Waals surface area contributed by atoms with Crippen molar-refractivity contribution in [2.24, 2.45) is 4.40 Å². The molecule has 1 aromatic carbocycles. The first-order valence-electron chi connectivity index (χ1n) is 5.78. The summed E-state index contributed by atoms with van der Waals surface area (Å²) in [5, 5.41) is 9.69. The number of methoxy groups -OCH3 is 1. The van der Waals surface area contributed by atoms with E-state index in [0.29, 0.717) is 11.4 Å². The standard InChI is InChI=1S/C12H16N2O4S/c1-14(7-9(15)8-18-2)12-10-5-3-4-6-11(10)19(16,17)13-12/h3-6,9,15H,7-8H2,1-2H3. The highest BCUT2D eigenvalue weighted by molar-refractivity contribution is 7.90. The fourth-order valence-corrected chi connectivity index (χ4v) is 3.26. The third kappa shape index (κ3) is 2.78. The molecule has 1 aliphatic heterocycles. The predicted octanol–water partition coefficient (Wildman–Crippen LogP) is 0.0746. The Morgan fingerprint density at radius 3 is 2.79 bits per heavy atom. The van der Waals surface area contributed by atoms with Gasteiger partial charge in [-0.1, -0.05) is 12.1 Å². The summed E-state index contributed by atoms with van der Waals surface area (Å²) >= 11 is 0. The summed E-state index contributed by atoms with van der Waals surface area (Å²) in [4.78, 5) is 1.82. The molecule has 1 N–H and O–H groups in total. The van der Waals surface area contributed by atoms with Crippen LogP contribution in [0.3, 0.4) is 0 Å². The van der Waals surface area contributed by atoms with Crippen LogP contribution in [0.25, 0.3) is 0 Å². The topological polar surface area (TPSA) is 79.2 Å². The zero-order valence-electron chi connectivity index (χ0n) is 10.8. The van der Waals surface area contributed by atoms with Crippen LogP contribution >= 0.6 is 0 Å². The van der Waals surface area contributed by atoms with Gasteiger partial charge in [-0.05, 0) is 12.1 Å². The van der Waals surface area contributed by atoms with E-state index in [1.807, 2.05) is 0 Å². The minimum Gasteiger partial charge on any atom is -0.389 e. The summed E-state index contributed by atoms with van der Waals surface area (Å²) in [6, 6.07) is 6.65. The van der Waals surface area contributed by atoms with Crippen molar-refractivity contribution in [3.8, 4) is 0 Å². The van der Waals surface area contributed by atoms with Crippen molar-refractivity contribution < 1.29 is 18.3 Å². The first-order chi connectivity index (χ1) is 8.95. The Morgan fingerprint density at radius 2 is 2.11 bits per heavy atom. The average Bonchev–Trinajstić information content (AvgIpc) is 2.63. The number of aliphatic hydroxyl groups excluding tert-OH is 1. The van der Waals surface area contributed by atoms with Gasteiger partial charge in [0, 0.05) is 26.3 Å². The molecular formula is C12H16N2O4S. The van der Waals surface area contributed by atoms with Crippen LogP contribution in [-0.2, 0) is 14.8 Å². The molecule has 0 saturated carbocycles. The van der Waals surface area contributed by atoms with E-state index in [2.05, 4.69) is 4.40 Å². The maximum Gasteiger partial charge on any atom is 0.285 e. The Morgan fingerprint density at radius 1 is 1.42 bits per heavy atom. The van der Waals surface area contributed by atoms with Gasteiger partial charge in [0.05, 0.1) is 12.7 Å². The molecular weight excluding hydrogens is 268 g/mol. The Hall–Kier alpha value is -1.44. The van der Waals surface area contributed by atoms with Crippen LogP contribution in [0, 0.1) is 0 Å². The number of likely N-dealkylation sites (N-methyl/N-ethyl adjacent to an activating group) is 1. The average molecular weight is 284 g/mol. The molecule has 1 unspecified atom stereocenters. The van der Waals surface area contributed by atoms with E-state index in [9.17, 15) is 13.5 Å². The summed E-state index contributed by atoms with van der Waals surface area (Å²) in [6.45, 7) is 0.433. The molecule has 19 heavy (non-hydrogen) atoms. The molecule has 1 aromatic rings. The molecule has 1 aliphatic rings. The number of hydrogen-bond donors (Lipinski definition) is 1. The SMILES string of the molecule is COCC(O)CN(C)C1=NS(=O)(=O)c2ccccc21. The number of hydrogen-bond acceptors (Lipinski definition) is 5. The number of rotatable bonds is 4. The van der Waals surface area contributed by atoms with Crippen LogP contribution in [0.2, 0.25) is 0 Å². The van der Waals surface area contributed by atoms with Gasteiger partial charge in [-0.25, -0.2) is 0 Å². The largest absolute Gasteiger partial charge is 0.389 e. The molecule has 0 saturated heterocycles. The zero-order chi connectivity index (χ0) is 14.0. The molecule has 1 heterocycles. The lowest BCUT2D eigenvalue weighted by atomic mass is 10.2. The minimum atomic E-state index is -3.61. The van der Waals surface area contributed by atoms with Crippen molar-refractivity contribution in [2.45, 2.75) is 11.0 Å². The van der Waals surface area contributed by atoms with E-state index >= 15 is 0 Å². The van der Waals surface area contributed by atoms with E-state index in [4.69, 9.17) is 4.74 Å². The van der Waals surface area contributed by atoms with Crippen molar-refractivity contribution >= 4 is 15.9 Å². The maximum absolute atomic E-state index is 11.9. The Bertz CT molecular complexity index is 598. The van der Waals surface area contributed by atoms with Crippen LogP contribution in [-0.4, -0.2) is 57.7 Å². The first-order valence-corrected chi connectivity index (χ1v) is 7.22. The number of benzene rings is 1. The normalized spacial score (nSPS) is 17.7. The van der Waals surface area contributed by atoms with E-state index in [1.165, 1.54) is 13.2 Å². The fourth-order valence-electron chi connectivity index (χ4n) is 2.01. The summed E-state index contributed by atoms with van der Waals surface area (Å²) in [5.74, 6) is 0.353. The lowest BCUT2D eigenvalue weighted by Crippen LogP contribution is -2.36. The quantitative estimate of drug-likeness (QED) is 0.846. The molecule has 1 atom stereocenters. The molecule has 0 aliphatic carbocycles. The van der Waals surface area contributed by atoms with E-state index < -0.39 is 16.1 Å². The summed E-state index contributed by atoms with van der Waals surface area (Å²) in [7, 11) is -0.429. The number of aliphatic hydroxyl groups is 1. The number of nitrogens with zero attached hydrogens (tertiary/aromatic N) is 2. The molecule has 7 heteroatoms. The van der Waals surface area contributed by atoms with Gasteiger partial charge in [-0.15, -0.1) is 4.40 Å². The Balaban J connectivity index is 2.27. The third-order valence-electron chi connectivity index (χ3n) is 2.82. The molecule has 2 rings (SSSR count). The monoisotopic (exact) mass is 284 g/mol. The number of sulfonamides is 1. The van der Waals surface area contributed by atoms with Crippen molar-refractivity contribution in [3.05, 3.63) is 29.8 Å². The molecule has 0 spiro atoms. The molecule has 0 aromatic heterocycles. The van der Waals surface area contributed by atoms with Crippen molar-refractivity contribution in [2.75, 3.05) is 27.3 Å². The summed E-state index contributed by atoms with van der Waals surface area (Å²) in [6.07, 6.45) is -0.701. The van der Waals surface area contributed by atoms with Gasteiger partial charge < -0.3 is 14.7 Å². The predicted molar refractivity (Wildman–Crippen MR) is 70.7 cm³/mol. The van der Waals surface area contributed by atoms with Crippen LogP contribution < -0.4 is 0 Å². The zero-order valence-corrected chi connectivity index (χ0v) is 11.6. The lowest BCUT2D eigenvalue weighted by Gasteiger charge is -2.21. The molecule has 0 bridgehead atoms. The maximum atomic E-state index is 11.9. The Kier molecular flexibility index (Phi) is 3.88. The minimum absolute atomic E-state index is 0.187. The molecule has 0 amide bonds. The van der Waals surface area contributed by atoms with Crippen molar-refractivity contribution in [1.29, 1.82) is 0 Å². The van der Waals surface area contributed by atoms with Crippen LogP contribution in [0.1, 0.15) is 5.56 Å². The van der Waals surface area contributed by atoms with Gasteiger partial charge in [-0.3, -0.25) is 0 Å². The van der Waals surface area contributed by atoms with Crippen molar-refractivity contribution in [1.82, 2.24) is 4.90 Å². The highest BCUT2D eigenvalue weighted by Crippen LogP contribution is 2.26. The van der Waals surface area contributed by atoms with Gasteiger partial charge >= 0.3 is 0 Å². The van der Waals surface area contributed by atoms with Gasteiger partial charge in [0.15, 0.2) is 5.84 Å². The second kappa shape index (κ2) is 5.28. The fraction of sp³-hybridized carbons (Fsp3) is 0.417. The number of fused-ring (bicyclic) bond motifs is 1. The highest BCUT2D eigenvalue weighted by atomic mass is 32.2. The lowest BCUT2D eigenvalue weighted by molar-refractivity contribution is 0.0539. The molecule has 104 valence electrons. The van der Waals surface area contributed by atoms with Crippen molar-refractivity contribution in [3.63, 3.8) is 0 Å². The van der Waals surface area contributed by atoms with Gasteiger partial charge in [0.25, 0.3) is 10.0 Å². The van der Waals surface area contributed by atoms with Gasteiger partial charge in [-0.2, -0.15) is 8.42 Å².